The quantitative estimate of drug-likeness (QED) is 0.295. The van der Waals surface area contributed by atoms with Crippen LogP contribution in [0.4, 0.5) is 0 Å². The number of unbranched alkanes of at least 4 members (excludes halogenated alkanes) is 6. The molecular formula is C18H26Br2N2O2S. The van der Waals surface area contributed by atoms with E-state index in [4.69, 9.17) is 9.47 Å². The van der Waals surface area contributed by atoms with Crippen LogP contribution in [-0.2, 0) is 0 Å². The Kier molecular flexibility index (Phi) is 9.48. The normalized spacial score (nSPS) is 11.2. The molecular weight excluding hydrogens is 468 g/mol. The summed E-state index contributed by atoms with van der Waals surface area (Å²) in [5.41, 5.74) is 1.64. The van der Waals surface area contributed by atoms with E-state index in [0.29, 0.717) is 25.0 Å². The Morgan fingerprint density at radius 3 is 1.56 bits per heavy atom. The third-order valence-electron chi connectivity index (χ3n) is 3.86. The maximum Gasteiger partial charge on any atom is 0.278 e. The Labute approximate surface area is 171 Å². The van der Waals surface area contributed by atoms with Crippen LogP contribution in [0, 0.1) is 0 Å². The predicted octanol–water partition coefficient (Wildman–Crippen LogP) is 7.13. The summed E-state index contributed by atoms with van der Waals surface area (Å²) in [6.45, 7) is 5.71. The Balaban J connectivity index is 2.08. The lowest BCUT2D eigenvalue weighted by Crippen LogP contribution is -2.06. The largest absolute Gasteiger partial charge is 0.474 e. The van der Waals surface area contributed by atoms with Gasteiger partial charge in [-0.2, -0.15) is 0 Å². The van der Waals surface area contributed by atoms with E-state index in [0.717, 1.165) is 31.4 Å². The SMILES string of the molecule is CCCCCCOc1nc2c(Br)sc(Br)c2nc1OCCCCCC. The molecule has 2 rings (SSSR count). The first kappa shape index (κ1) is 20.9. The molecule has 0 aliphatic heterocycles. The molecule has 0 saturated heterocycles. The summed E-state index contributed by atoms with van der Waals surface area (Å²) < 4.78 is 13.7. The Morgan fingerprint density at radius 2 is 1.16 bits per heavy atom. The van der Waals surface area contributed by atoms with E-state index < -0.39 is 0 Å². The molecule has 0 atom stereocenters. The first-order chi connectivity index (χ1) is 12.2. The molecule has 0 spiro atoms. The molecule has 0 aliphatic carbocycles. The second-order valence-electron chi connectivity index (χ2n) is 6.00. The van der Waals surface area contributed by atoms with Gasteiger partial charge in [0.25, 0.3) is 11.8 Å². The van der Waals surface area contributed by atoms with Gasteiger partial charge in [0.1, 0.15) is 11.0 Å². The van der Waals surface area contributed by atoms with Crippen molar-refractivity contribution in [2.45, 2.75) is 65.2 Å². The fourth-order valence-electron chi connectivity index (χ4n) is 2.44. The van der Waals surface area contributed by atoms with E-state index in [1.807, 2.05) is 0 Å². The number of thiophene rings is 1. The van der Waals surface area contributed by atoms with Crippen LogP contribution in [0.5, 0.6) is 11.8 Å². The van der Waals surface area contributed by atoms with Gasteiger partial charge in [0.2, 0.25) is 0 Å². The van der Waals surface area contributed by atoms with Crippen LogP contribution in [0.1, 0.15) is 65.2 Å². The van der Waals surface area contributed by atoms with Crippen LogP contribution in [0.2, 0.25) is 0 Å². The molecule has 4 nitrogen and oxygen atoms in total. The van der Waals surface area contributed by atoms with Crippen LogP contribution in [-0.4, -0.2) is 23.2 Å². The van der Waals surface area contributed by atoms with E-state index in [-0.39, 0.29) is 0 Å². The monoisotopic (exact) mass is 492 g/mol. The first-order valence-corrected chi connectivity index (χ1v) is 11.5. The van der Waals surface area contributed by atoms with Gasteiger partial charge >= 0.3 is 0 Å². The maximum absolute atomic E-state index is 5.90. The number of hydrogen-bond acceptors (Lipinski definition) is 5. The number of rotatable bonds is 12. The van der Waals surface area contributed by atoms with E-state index in [1.165, 1.54) is 38.5 Å². The fourth-order valence-corrected chi connectivity index (χ4v) is 5.25. The van der Waals surface area contributed by atoms with Gasteiger partial charge in [-0.25, -0.2) is 9.97 Å². The van der Waals surface area contributed by atoms with Crippen LogP contribution in [0.25, 0.3) is 11.0 Å². The number of nitrogens with zero attached hydrogens (tertiary/aromatic N) is 2. The Morgan fingerprint density at radius 1 is 0.720 bits per heavy atom. The standard InChI is InChI=1S/C18H26Br2N2O2S/c1-3-5-7-9-11-23-17-18(24-12-10-8-6-4-2)22-14-13(21-17)15(19)25-16(14)20/h3-12H2,1-2H3. The molecule has 2 aromatic heterocycles. The van der Waals surface area contributed by atoms with Crippen molar-refractivity contribution in [1.82, 2.24) is 9.97 Å². The van der Waals surface area contributed by atoms with Crippen LogP contribution in [0.15, 0.2) is 7.57 Å². The first-order valence-electron chi connectivity index (χ1n) is 9.08. The fraction of sp³-hybridized carbons (Fsp3) is 0.667. The highest BCUT2D eigenvalue weighted by Gasteiger charge is 2.18. The topological polar surface area (TPSA) is 44.2 Å². The zero-order chi connectivity index (χ0) is 18.1. The van der Waals surface area contributed by atoms with Gasteiger partial charge in [0, 0.05) is 0 Å². The van der Waals surface area contributed by atoms with Crippen molar-refractivity contribution >= 4 is 54.2 Å². The second kappa shape index (κ2) is 11.3. The Bertz CT molecular complexity index is 610. The molecule has 25 heavy (non-hydrogen) atoms. The van der Waals surface area contributed by atoms with E-state index in [1.54, 1.807) is 11.3 Å². The molecule has 0 amide bonds. The molecule has 0 fully saturated rings. The lowest BCUT2D eigenvalue weighted by molar-refractivity contribution is 0.244. The number of fused-ring (bicyclic) bond motifs is 1. The van der Waals surface area contributed by atoms with E-state index in [9.17, 15) is 0 Å². The molecule has 0 aromatic carbocycles. The highest BCUT2D eigenvalue weighted by Crippen LogP contribution is 2.40. The van der Waals surface area contributed by atoms with Gasteiger partial charge in [-0.1, -0.05) is 52.4 Å². The smallest absolute Gasteiger partial charge is 0.278 e. The lowest BCUT2D eigenvalue weighted by Gasteiger charge is -2.11. The minimum absolute atomic E-state index is 0.505. The minimum atomic E-state index is 0.505. The molecule has 0 aliphatic rings. The number of aromatic nitrogens is 2. The zero-order valence-corrected chi connectivity index (χ0v) is 18.9. The van der Waals surface area contributed by atoms with Crippen molar-refractivity contribution in [1.29, 1.82) is 0 Å². The van der Waals surface area contributed by atoms with Crippen molar-refractivity contribution < 1.29 is 9.47 Å². The highest BCUT2D eigenvalue weighted by molar-refractivity contribution is 9.12. The molecule has 140 valence electrons. The molecule has 0 radical (unpaired) electrons. The summed E-state index contributed by atoms with van der Waals surface area (Å²) in [6, 6.07) is 0. The second-order valence-corrected chi connectivity index (χ2v) is 9.66. The van der Waals surface area contributed by atoms with Gasteiger partial charge in [0.15, 0.2) is 0 Å². The molecule has 0 saturated carbocycles. The third kappa shape index (κ3) is 6.36. The summed E-state index contributed by atoms with van der Waals surface area (Å²) in [6.07, 6.45) is 9.30. The van der Waals surface area contributed by atoms with Crippen molar-refractivity contribution in [3.8, 4) is 11.8 Å². The highest BCUT2D eigenvalue weighted by atomic mass is 79.9. The number of halogens is 2. The van der Waals surface area contributed by atoms with Gasteiger partial charge in [-0.15, -0.1) is 11.3 Å². The van der Waals surface area contributed by atoms with Crippen molar-refractivity contribution in [3.05, 3.63) is 7.57 Å². The molecule has 7 heteroatoms. The summed E-state index contributed by atoms with van der Waals surface area (Å²) in [5.74, 6) is 1.01. The van der Waals surface area contributed by atoms with Gasteiger partial charge in [-0.05, 0) is 44.7 Å². The average molecular weight is 494 g/mol. The van der Waals surface area contributed by atoms with E-state index in [2.05, 4.69) is 55.7 Å². The van der Waals surface area contributed by atoms with E-state index >= 15 is 0 Å². The number of hydrogen-bond donors (Lipinski definition) is 0. The lowest BCUT2D eigenvalue weighted by atomic mass is 10.2. The number of ether oxygens (including phenoxy) is 2. The molecule has 0 N–H and O–H groups in total. The van der Waals surface area contributed by atoms with Crippen molar-refractivity contribution in [2.75, 3.05) is 13.2 Å². The minimum Gasteiger partial charge on any atom is -0.474 e. The van der Waals surface area contributed by atoms with Gasteiger partial charge < -0.3 is 9.47 Å². The molecule has 2 heterocycles. The third-order valence-corrected chi connectivity index (χ3v) is 6.33. The van der Waals surface area contributed by atoms with Crippen molar-refractivity contribution in [3.63, 3.8) is 0 Å². The molecule has 2 aromatic rings. The van der Waals surface area contributed by atoms with Gasteiger partial charge in [-0.3, -0.25) is 0 Å². The summed E-state index contributed by atoms with van der Waals surface area (Å²) in [4.78, 5) is 9.30. The van der Waals surface area contributed by atoms with Crippen LogP contribution >= 0.6 is 43.2 Å². The maximum atomic E-state index is 5.90. The summed E-state index contributed by atoms with van der Waals surface area (Å²) >= 11 is 8.67. The van der Waals surface area contributed by atoms with Crippen LogP contribution < -0.4 is 9.47 Å². The van der Waals surface area contributed by atoms with Gasteiger partial charge in [0.05, 0.1) is 20.8 Å². The van der Waals surface area contributed by atoms with Crippen molar-refractivity contribution in [2.24, 2.45) is 0 Å². The molecule has 0 unspecified atom stereocenters. The average Bonchev–Trinajstić information content (AvgIpc) is 2.88. The summed E-state index contributed by atoms with van der Waals surface area (Å²) in [7, 11) is 0. The predicted molar refractivity (Wildman–Crippen MR) is 112 cm³/mol. The molecule has 0 bridgehead atoms. The Hall–Kier alpha value is -0.400. The summed E-state index contributed by atoms with van der Waals surface area (Å²) in [5, 5.41) is 0. The zero-order valence-electron chi connectivity index (χ0n) is 14.9. The van der Waals surface area contributed by atoms with Crippen LogP contribution in [0.3, 0.4) is 0 Å².